The summed E-state index contributed by atoms with van der Waals surface area (Å²) >= 11 is 1.65. The number of sulfone groups is 1. The maximum Gasteiger partial charge on any atom is 0.164 e. The molecular formula is C12H25NO4S2. The minimum Gasteiger partial charge on any atom is -0.389 e. The van der Waals surface area contributed by atoms with Gasteiger partial charge in [-0.15, -0.1) is 0 Å². The highest BCUT2D eigenvalue weighted by Crippen LogP contribution is 2.20. The monoisotopic (exact) mass is 311 g/mol. The minimum absolute atomic E-state index is 0.278. The summed E-state index contributed by atoms with van der Waals surface area (Å²) in [5.41, 5.74) is 0. The summed E-state index contributed by atoms with van der Waals surface area (Å²) in [6.07, 6.45) is 2.69. The Hall–Kier alpha value is 0.180. The number of rotatable bonds is 8. The molecule has 19 heavy (non-hydrogen) atoms. The molecule has 7 heteroatoms. The summed E-state index contributed by atoms with van der Waals surface area (Å²) in [6, 6.07) is 0. The van der Waals surface area contributed by atoms with Crippen molar-refractivity contribution < 1.29 is 18.3 Å². The van der Waals surface area contributed by atoms with Gasteiger partial charge in [-0.3, -0.25) is 4.90 Å². The lowest BCUT2D eigenvalue weighted by molar-refractivity contribution is 0.0151. The van der Waals surface area contributed by atoms with E-state index in [0.717, 1.165) is 18.6 Å². The fourth-order valence-corrected chi connectivity index (χ4v) is 4.96. The number of thioether (sulfide) groups is 1. The summed E-state index contributed by atoms with van der Waals surface area (Å²) < 4.78 is 28.8. The molecule has 1 fully saturated rings. The Bertz CT molecular complexity index is 348. The summed E-state index contributed by atoms with van der Waals surface area (Å²) in [6.45, 7) is 4.08. The zero-order chi connectivity index (χ0) is 14.3. The van der Waals surface area contributed by atoms with E-state index in [4.69, 9.17) is 4.74 Å². The molecule has 1 aliphatic heterocycles. The van der Waals surface area contributed by atoms with Crippen LogP contribution in [0.4, 0.5) is 0 Å². The largest absolute Gasteiger partial charge is 0.389 e. The van der Waals surface area contributed by atoms with Gasteiger partial charge >= 0.3 is 0 Å². The van der Waals surface area contributed by atoms with E-state index in [-0.39, 0.29) is 6.61 Å². The number of nitrogens with zero attached hydrogens (tertiary/aromatic N) is 1. The molecule has 114 valence electrons. The third-order valence-electron chi connectivity index (χ3n) is 3.08. The number of β-amino-alcohol motifs (C(OH)–C–C–N with tert-alkyl or cyclic N) is 1. The predicted octanol–water partition coefficient (Wildman–Crippen LogP) is 0.584. The van der Waals surface area contributed by atoms with Crippen LogP contribution in [0, 0.1) is 0 Å². The van der Waals surface area contributed by atoms with Gasteiger partial charge in [0.1, 0.15) is 5.37 Å². The van der Waals surface area contributed by atoms with Crippen LogP contribution in [-0.2, 0) is 14.6 Å². The van der Waals surface area contributed by atoms with Crippen molar-refractivity contribution >= 4 is 21.6 Å². The third kappa shape index (κ3) is 6.44. The van der Waals surface area contributed by atoms with Crippen LogP contribution in [-0.4, -0.2) is 74.0 Å². The van der Waals surface area contributed by atoms with Crippen molar-refractivity contribution in [2.24, 2.45) is 0 Å². The maximum absolute atomic E-state index is 11.7. The maximum atomic E-state index is 11.7. The lowest BCUT2D eigenvalue weighted by Gasteiger charge is -2.35. The highest BCUT2D eigenvalue weighted by atomic mass is 32.2. The SMILES string of the molecule is CCCCOCC(O)CN1CCSCC1S(C)(=O)=O. The number of ether oxygens (including phenoxy) is 1. The Morgan fingerprint density at radius 2 is 2.26 bits per heavy atom. The zero-order valence-electron chi connectivity index (χ0n) is 11.7. The van der Waals surface area contributed by atoms with Crippen LogP contribution in [0.15, 0.2) is 0 Å². The molecule has 1 N–H and O–H groups in total. The second-order valence-electron chi connectivity index (χ2n) is 4.94. The van der Waals surface area contributed by atoms with Crippen LogP contribution in [0.25, 0.3) is 0 Å². The molecule has 0 aromatic carbocycles. The molecule has 0 aromatic rings. The van der Waals surface area contributed by atoms with Gasteiger partial charge in [-0.05, 0) is 6.42 Å². The van der Waals surface area contributed by atoms with Crippen molar-refractivity contribution in [1.29, 1.82) is 0 Å². The lowest BCUT2D eigenvalue weighted by Crippen LogP contribution is -2.50. The van der Waals surface area contributed by atoms with Gasteiger partial charge in [0, 0.05) is 37.5 Å². The van der Waals surface area contributed by atoms with Gasteiger partial charge in [-0.25, -0.2) is 8.42 Å². The van der Waals surface area contributed by atoms with Gasteiger partial charge in [0.25, 0.3) is 0 Å². The molecule has 2 atom stereocenters. The lowest BCUT2D eigenvalue weighted by atomic mass is 10.3. The number of aliphatic hydroxyl groups is 1. The predicted molar refractivity (Wildman–Crippen MR) is 79.3 cm³/mol. The number of unbranched alkanes of at least 4 members (excludes halogenated alkanes) is 1. The van der Waals surface area contributed by atoms with Crippen molar-refractivity contribution in [3.63, 3.8) is 0 Å². The van der Waals surface area contributed by atoms with Gasteiger partial charge < -0.3 is 9.84 Å². The Kier molecular flexibility index (Phi) is 7.68. The van der Waals surface area contributed by atoms with Crippen LogP contribution in [0.2, 0.25) is 0 Å². The van der Waals surface area contributed by atoms with Crippen molar-refractivity contribution in [3.05, 3.63) is 0 Å². The average molecular weight is 311 g/mol. The van der Waals surface area contributed by atoms with Crippen molar-refractivity contribution in [3.8, 4) is 0 Å². The molecular weight excluding hydrogens is 286 g/mol. The van der Waals surface area contributed by atoms with Crippen LogP contribution >= 0.6 is 11.8 Å². The van der Waals surface area contributed by atoms with Crippen molar-refractivity contribution in [1.82, 2.24) is 4.90 Å². The van der Waals surface area contributed by atoms with E-state index in [2.05, 4.69) is 6.92 Å². The van der Waals surface area contributed by atoms with E-state index in [9.17, 15) is 13.5 Å². The van der Waals surface area contributed by atoms with Gasteiger partial charge in [-0.2, -0.15) is 11.8 Å². The summed E-state index contributed by atoms with van der Waals surface area (Å²) in [5, 5.41) is 9.44. The van der Waals surface area contributed by atoms with Crippen molar-refractivity contribution in [2.75, 3.05) is 44.1 Å². The highest BCUT2D eigenvalue weighted by Gasteiger charge is 2.31. The second kappa shape index (κ2) is 8.46. The molecule has 0 saturated carbocycles. The number of hydrogen-bond acceptors (Lipinski definition) is 6. The Balaban J connectivity index is 2.40. The zero-order valence-corrected chi connectivity index (χ0v) is 13.4. The first-order valence-corrected chi connectivity index (χ1v) is 9.82. The molecule has 1 aliphatic rings. The molecule has 0 radical (unpaired) electrons. The molecule has 2 unspecified atom stereocenters. The van der Waals surface area contributed by atoms with E-state index in [1.165, 1.54) is 6.26 Å². The van der Waals surface area contributed by atoms with E-state index in [1.54, 1.807) is 11.8 Å². The molecule has 0 aromatic heterocycles. The fourth-order valence-electron chi connectivity index (χ4n) is 2.01. The Morgan fingerprint density at radius 1 is 1.53 bits per heavy atom. The molecule has 0 aliphatic carbocycles. The van der Waals surface area contributed by atoms with Crippen LogP contribution in [0.5, 0.6) is 0 Å². The molecule has 1 heterocycles. The third-order valence-corrected chi connectivity index (χ3v) is 5.77. The van der Waals surface area contributed by atoms with Gasteiger partial charge in [0.05, 0.1) is 12.7 Å². The molecule has 1 saturated heterocycles. The summed E-state index contributed by atoms with van der Waals surface area (Å²) in [4.78, 5) is 1.86. The normalized spacial score (nSPS) is 23.4. The molecule has 0 amide bonds. The first kappa shape index (κ1) is 17.2. The smallest absolute Gasteiger partial charge is 0.164 e. The van der Waals surface area contributed by atoms with Crippen LogP contribution in [0.3, 0.4) is 0 Å². The van der Waals surface area contributed by atoms with E-state index >= 15 is 0 Å². The van der Waals surface area contributed by atoms with Crippen LogP contribution < -0.4 is 0 Å². The molecule has 1 rings (SSSR count). The van der Waals surface area contributed by atoms with Crippen molar-refractivity contribution in [2.45, 2.75) is 31.2 Å². The Morgan fingerprint density at radius 3 is 2.89 bits per heavy atom. The first-order chi connectivity index (χ1) is 8.95. The summed E-state index contributed by atoms with van der Waals surface area (Å²) in [7, 11) is -3.10. The minimum atomic E-state index is -3.10. The molecule has 5 nitrogen and oxygen atoms in total. The average Bonchev–Trinajstić information content (AvgIpc) is 2.34. The van der Waals surface area contributed by atoms with E-state index in [1.807, 2.05) is 4.90 Å². The van der Waals surface area contributed by atoms with Crippen LogP contribution in [0.1, 0.15) is 19.8 Å². The van der Waals surface area contributed by atoms with Gasteiger partial charge in [0.2, 0.25) is 0 Å². The Labute approximate surface area is 120 Å². The number of hydrogen-bond donors (Lipinski definition) is 1. The molecule has 0 spiro atoms. The first-order valence-electron chi connectivity index (χ1n) is 6.71. The summed E-state index contributed by atoms with van der Waals surface area (Å²) in [5.74, 6) is 1.50. The fraction of sp³-hybridized carbons (Fsp3) is 1.00. The standard InChI is InChI=1S/C12H25NO4S2/c1-3-4-6-17-9-11(14)8-13-5-7-18-10-12(13)19(2,15)16/h11-12,14H,3-10H2,1-2H3. The van der Waals surface area contributed by atoms with E-state index in [0.29, 0.717) is 25.4 Å². The highest BCUT2D eigenvalue weighted by molar-refractivity contribution is 8.00. The van der Waals surface area contributed by atoms with E-state index < -0.39 is 21.3 Å². The quantitative estimate of drug-likeness (QED) is 0.662. The molecule has 0 bridgehead atoms. The van der Waals surface area contributed by atoms with Gasteiger partial charge in [0.15, 0.2) is 9.84 Å². The number of aliphatic hydroxyl groups excluding tert-OH is 1. The topological polar surface area (TPSA) is 66.8 Å². The van der Waals surface area contributed by atoms with Gasteiger partial charge in [-0.1, -0.05) is 13.3 Å². The second-order valence-corrected chi connectivity index (χ2v) is 8.29.